The first-order valence-electron chi connectivity index (χ1n) is 13.1. The van der Waals surface area contributed by atoms with Crippen molar-refractivity contribution in [1.82, 2.24) is 10.2 Å². The monoisotopic (exact) mass is 559 g/mol. The lowest BCUT2D eigenvalue weighted by Gasteiger charge is -2.31. The Labute approximate surface area is 233 Å². The minimum atomic E-state index is -3.73. The Kier molecular flexibility index (Phi) is 7.84. The third kappa shape index (κ3) is 5.42. The normalized spacial score (nSPS) is 14.2. The molecule has 1 atom stereocenters. The Morgan fingerprint density at radius 1 is 0.900 bits per heavy atom. The molecule has 0 aromatic heterocycles. The van der Waals surface area contributed by atoms with Crippen LogP contribution in [0.3, 0.4) is 0 Å². The van der Waals surface area contributed by atoms with Gasteiger partial charge in [0.2, 0.25) is 11.8 Å². The van der Waals surface area contributed by atoms with Crippen molar-refractivity contribution in [3.63, 3.8) is 0 Å². The molecule has 1 N–H and O–H groups in total. The summed E-state index contributed by atoms with van der Waals surface area (Å²) in [6, 6.07) is 25.1. The van der Waals surface area contributed by atoms with E-state index in [0.29, 0.717) is 23.1 Å². The van der Waals surface area contributed by atoms with Crippen molar-refractivity contribution >= 4 is 38.3 Å². The van der Waals surface area contributed by atoms with Gasteiger partial charge in [-0.05, 0) is 47.2 Å². The van der Waals surface area contributed by atoms with Crippen molar-refractivity contribution in [2.24, 2.45) is 0 Å². The number of carbonyl (C=O) groups excluding carboxylic acids is 2. The van der Waals surface area contributed by atoms with E-state index in [1.54, 1.807) is 30.3 Å². The average Bonchev–Trinajstić information content (AvgIpc) is 3.19. The molecule has 0 bridgehead atoms. The molecule has 0 saturated heterocycles. The summed E-state index contributed by atoms with van der Waals surface area (Å²) in [5.41, 5.74) is 2.18. The van der Waals surface area contributed by atoms with Gasteiger partial charge in [0.15, 0.2) is 0 Å². The lowest BCUT2D eigenvalue weighted by atomic mass is 10.0. The Balaban J connectivity index is 1.37. The van der Waals surface area contributed by atoms with Gasteiger partial charge in [-0.1, -0.05) is 66.7 Å². The predicted octanol–water partition coefficient (Wildman–Crippen LogP) is 4.65. The Morgan fingerprint density at radius 3 is 2.30 bits per heavy atom. The molecule has 40 heavy (non-hydrogen) atoms. The standard InChI is InChI=1S/C31H30FN3O4S/c1-33-31(37)27(20-22-8-3-2-4-9-22)34(21-23-15-17-25(32)18-16-23)29(36)14-7-19-35-26-12-5-10-24-11-6-13-28(30(24)26)40(35,38)39/h2-6,8-13,15-18,27H,7,14,19-21H2,1H3,(H,33,37). The highest BCUT2D eigenvalue weighted by molar-refractivity contribution is 7.93. The predicted molar refractivity (Wildman–Crippen MR) is 153 cm³/mol. The molecule has 0 aliphatic carbocycles. The molecule has 1 aliphatic heterocycles. The van der Waals surface area contributed by atoms with E-state index in [-0.39, 0.29) is 42.6 Å². The number of halogens is 1. The first kappa shape index (κ1) is 27.3. The maximum absolute atomic E-state index is 13.7. The van der Waals surface area contributed by atoms with E-state index in [2.05, 4.69) is 5.32 Å². The summed E-state index contributed by atoms with van der Waals surface area (Å²) in [6.07, 6.45) is 0.585. The third-order valence-electron chi connectivity index (χ3n) is 7.22. The second kappa shape index (κ2) is 11.5. The van der Waals surface area contributed by atoms with Crippen molar-refractivity contribution in [3.05, 3.63) is 108 Å². The summed E-state index contributed by atoms with van der Waals surface area (Å²) in [5.74, 6) is -0.999. The van der Waals surface area contributed by atoms with E-state index >= 15 is 0 Å². The summed E-state index contributed by atoms with van der Waals surface area (Å²) in [6.45, 7) is 0.229. The minimum absolute atomic E-state index is 0.0296. The van der Waals surface area contributed by atoms with Crippen LogP contribution < -0.4 is 9.62 Å². The first-order chi connectivity index (χ1) is 19.3. The van der Waals surface area contributed by atoms with E-state index in [9.17, 15) is 22.4 Å². The van der Waals surface area contributed by atoms with E-state index < -0.39 is 21.9 Å². The van der Waals surface area contributed by atoms with Gasteiger partial charge in [0.25, 0.3) is 10.0 Å². The van der Waals surface area contributed by atoms with E-state index in [1.807, 2.05) is 48.5 Å². The highest BCUT2D eigenvalue weighted by Gasteiger charge is 2.35. The largest absolute Gasteiger partial charge is 0.357 e. The number of carbonyl (C=O) groups is 2. The van der Waals surface area contributed by atoms with E-state index in [4.69, 9.17) is 0 Å². The zero-order valence-electron chi connectivity index (χ0n) is 22.1. The summed E-state index contributed by atoms with van der Waals surface area (Å²) in [4.78, 5) is 28.5. The maximum Gasteiger partial charge on any atom is 0.265 e. The Hall–Kier alpha value is -4.24. The fourth-order valence-corrected chi connectivity index (χ4v) is 6.97. The van der Waals surface area contributed by atoms with Gasteiger partial charge < -0.3 is 10.2 Å². The fraction of sp³-hybridized carbons (Fsp3) is 0.226. The summed E-state index contributed by atoms with van der Waals surface area (Å²) >= 11 is 0. The number of sulfonamides is 1. The number of hydrogen-bond donors (Lipinski definition) is 1. The number of hydrogen-bond acceptors (Lipinski definition) is 4. The van der Waals surface area contributed by atoms with Gasteiger partial charge in [0.1, 0.15) is 11.9 Å². The molecule has 0 fully saturated rings. The van der Waals surface area contributed by atoms with Gasteiger partial charge in [0.05, 0.1) is 10.6 Å². The molecule has 1 unspecified atom stereocenters. The van der Waals surface area contributed by atoms with Crippen molar-refractivity contribution in [2.45, 2.75) is 36.7 Å². The number of benzene rings is 4. The lowest BCUT2D eigenvalue weighted by Crippen LogP contribution is -2.49. The number of nitrogens with zero attached hydrogens (tertiary/aromatic N) is 2. The molecule has 7 nitrogen and oxygen atoms in total. The van der Waals surface area contributed by atoms with Crippen LogP contribution >= 0.6 is 0 Å². The van der Waals surface area contributed by atoms with E-state index in [1.165, 1.54) is 28.4 Å². The topological polar surface area (TPSA) is 86.8 Å². The minimum Gasteiger partial charge on any atom is -0.357 e. The van der Waals surface area contributed by atoms with Gasteiger partial charge >= 0.3 is 0 Å². The molecule has 1 aliphatic rings. The van der Waals surface area contributed by atoms with Crippen LogP contribution in [-0.2, 0) is 32.6 Å². The Morgan fingerprint density at radius 2 is 1.60 bits per heavy atom. The molecular formula is C31H30FN3O4S. The van der Waals surface area contributed by atoms with Crippen LogP contribution in [0.15, 0.2) is 95.9 Å². The zero-order chi connectivity index (χ0) is 28.3. The van der Waals surface area contributed by atoms with Crippen LogP contribution in [0.1, 0.15) is 24.0 Å². The molecule has 2 amide bonds. The van der Waals surface area contributed by atoms with Gasteiger partial charge in [-0.25, -0.2) is 12.8 Å². The van der Waals surface area contributed by atoms with Crippen LogP contribution in [0.5, 0.6) is 0 Å². The number of amides is 2. The molecular weight excluding hydrogens is 529 g/mol. The SMILES string of the molecule is CNC(=O)C(Cc1ccccc1)N(Cc1ccc(F)cc1)C(=O)CCCN1c2cccc3cccc(c23)S1(=O)=O. The molecule has 0 saturated carbocycles. The average molecular weight is 560 g/mol. The van der Waals surface area contributed by atoms with Crippen molar-refractivity contribution in [3.8, 4) is 0 Å². The summed E-state index contributed by atoms with van der Waals surface area (Å²) < 4.78 is 41.6. The molecule has 0 spiro atoms. The second-order valence-corrected chi connectivity index (χ2v) is 11.6. The highest BCUT2D eigenvalue weighted by atomic mass is 32.2. The molecule has 206 valence electrons. The second-order valence-electron chi connectivity index (χ2n) is 9.78. The molecule has 9 heteroatoms. The van der Waals surface area contributed by atoms with Crippen LogP contribution in [0.25, 0.3) is 10.8 Å². The van der Waals surface area contributed by atoms with Crippen molar-refractivity contribution in [1.29, 1.82) is 0 Å². The van der Waals surface area contributed by atoms with Gasteiger partial charge in [-0.3, -0.25) is 13.9 Å². The Bertz CT molecular complexity index is 1640. The fourth-order valence-electron chi connectivity index (χ4n) is 5.22. The van der Waals surface area contributed by atoms with Gasteiger partial charge in [-0.15, -0.1) is 0 Å². The smallest absolute Gasteiger partial charge is 0.265 e. The summed E-state index contributed by atoms with van der Waals surface area (Å²) in [5, 5.41) is 4.20. The van der Waals surface area contributed by atoms with Gasteiger partial charge in [0, 0.05) is 38.4 Å². The van der Waals surface area contributed by atoms with Crippen LogP contribution in [0.2, 0.25) is 0 Å². The summed E-state index contributed by atoms with van der Waals surface area (Å²) in [7, 11) is -2.21. The highest BCUT2D eigenvalue weighted by Crippen LogP contribution is 2.42. The number of likely N-dealkylation sites (N-methyl/N-ethyl adjacent to an activating group) is 1. The number of anilines is 1. The maximum atomic E-state index is 13.7. The lowest BCUT2D eigenvalue weighted by molar-refractivity contribution is -0.141. The quantitative estimate of drug-likeness (QED) is 0.306. The molecule has 4 aromatic rings. The molecule has 1 heterocycles. The molecule has 5 rings (SSSR count). The van der Waals surface area contributed by atoms with Crippen molar-refractivity contribution < 1.29 is 22.4 Å². The van der Waals surface area contributed by atoms with Crippen molar-refractivity contribution in [2.75, 3.05) is 17.9 Å². The van der Waals surface area contributed by atoms with Crippen LogP contribution in [0.4, 0.5) is 10.1 Å². The van der Waals surface area contributed by atoms with E-state index in [0.717, 1.165) is 10.9 Å². The number of rotatable bonds is 10. The molecule has 0 radical (unpaired) electrons. The van der Waals surface area contributed by atoms with Crippen LogP contribution in [0, 0.1) is 5.82 Å². The van der Waals surface area contributed by atoms with Gasteiger partial charge in [-0.2, -0.15) is 0 Å². The zero-order valence-corrected chi connectivity index (χ0v) is 22.9. The first-order valence-corrected chi connectivity index (χ1v) is 14.6. The third-order valence-corrected chi connectivity index (χ3v) is 9.07. The van der Waals surface area contributed by atoms with Crippen LogP contribution in [-0.4, -0.2) is 44.8 Å². The molecule has 4 aromatic carbocycles. The number of nitrogens with one attached hydrogen (secondary N) is 1.